The first kappa shape index (κ1) is 3.49. The monoisotopic (exact) mass is 563 g/mol. The van der Waals surface area contributed by atoms with Gasteiger partial charge in [-0.15, -0.1) is 0 Å². The van der Waals surface area contributed by atoms with Crippen molar-refractivity contribution < 1.29 is 124 Å². The quantitative estimate of drug-likeness (QED) is 0.366. The highest BCUT2D eigenvalue weighted by Gasteiger charge is 2.35. The van der Waals surface area contributed by atoms with E-state index in [4.69, 9.17) is 133 Å². The lowest BCUT2D eigenvalue weighted by molar-refractivity contribution is 0.251. The number of benzene rings is 2. The van der Waals surface area contributed by atoms with E-state index in [1.807, 2.05) is 30.3 Å². The van der Waals surface area contributed by atoms with E-state index in [1.54, 1.807) is 12.1 Å². The third-order valence-corrected chi connectivity index (χ3v) is 7.08. The molecule has 0 radical (unpaired) electrons. The summed E-state index contributed by atoms with van der Waals surface area (Å²) in [5, 5.41) is 4.37. The van der Waals surface area contributed by atoms with Crippen molar-refractivity contribution in [2.24, 2.45) is 5.73 Å². The zero-order chi connectivity index (χ0) is 97.5. The molecular formula is C21H105ClN2O2S. The molecule has 2 aromatic rings. The van der Waals surface area contributed by atoms with Gasteiger partial charge in [-0.2, -0.15) is 0 Å². The molecule has 6 heteroatoms. The summed E-state index contributed by atoms with van der Waals surface area (Å²) >= 11 is 6.18. The van der Waals surface area contributed by atoms with Crippen molar-refractivity contribution in [2.45, 2.75) is 48.6 Å². The second kappa shape index (κ2) is 8.31. The highest BCUT2D eigenvalue weighted by molar-refractivity contribution is 7.90. The molecule has 3 rings (SSSR count). The molecule has 1 aliphatic carbocycles. The molecule has 1 saturated carbocycles. The lowest BCUT2D eigenvalue weighted by atomic mass is 9.68. The number of nitrogens with one attached hydrogen (secondary N) is 1. The molecule has 0 atom stereocenters. The lowest BCUT2D eigenvalue weighted by Gasteiger charge is -2.40. The zero-order valence-corrected chi connectivity index (χ0v) is 17.2. The van der Waals surface area contributed by atoms with Crippen LogP contribution in [0, 0.1) is 0 Å². The average molecular weight is 564 g/mol. The predicted molar refractivity (Wildman–Crippen MR) is 193 cm³/mol. The summed E-state index contributed by atoms with van der Waals surface area (Å²) in [5.74, 6) is 0. The van der Waals surface area contributed by atoms with E-state index in [-0.39, 0.29) is 5.41 Å². The van der Waals surface area contributed by atoms with E-state index in [2.05, 4.69) is 11.4 Å². The summed E-state index contributed by atoms with van der Waals surface area (Å²) < 4.78 is 413. The van der Waals surface area contributed by atoms with E-state index in [0.29, 0.717) is 17.5 Å². The van der Waals surface area contributed by atoms with Gasteiger partial charge in [0.2, 0.25) is 0 Å². The molecule has 0 heterocycles. The highest BCUT2D eigenvalue weighted by Crippen LogP contribution is 2.39. The summed E-state index contributed by atoms with van der Waals surface area (Å²) in [7, 11) is -3.14. The molecule has 0 saturated heterocycles. The van der Waals surface area contributed by atoms with Crippen LogP contribution >= 0.6 is 11.6 Å². The van der Waals surface area contributed by atoms with Gasteiger partial charge in [0, 0.05) is 152 Å². The van der Waals surface area contributed by atoms with Gasteiger partial charge in [-0.25, -0.2) is 8.42 Å². The van der Waals surface area contributed by atoms with Crippen molar-refractivity contribution >= 4 is 21.4 Å². The Morgan fingerprint density at radius 3 is 2.44 bits per heavy atom. The van der Waals surface area contributed by atoms with Crippen LogP contribution in [-0.2, 0) is 21.8 Å². The topological polar surface area (TPSA) is 72.2 Å². The molecule has 3 N–H and O–H groups in total. The van der Waals surface area contributed by atoms with Crippen LogP contribution in [0.3, 0.4) is 0 Å². The highest BCUT2D eigenvalue weighted by atomic mass is 35.5. The van der Waals surface area contributed by atoms with Gasteiger partial charge in [-0.3, -0.25) is 0 Å². The van der Waals surface area contributed by atoms with Crippen molar-refractivity contribution in [1.82, 2.24) is 5.32 Å². The van der Waals surface area contributed by atoms with Crippen LogP contribution in [0.15, 0.2) is 53.4 Å². The first-order valence-electron chi connectivity index (χ1n) is 48.3. The molecule has 0 aliphatic heterocycles. The maximum absolute atomic E-state index is 11.5. The van der Waals surface area contributed by atoms with Crippen LogP contribution in [0.1, 0.15) is 153 Å². The van der Waals surface area contributed by atoms with E-state index >= 15 is 0 Å². The Morgan fingerprint density at radius 1 is 1.22 bits per heavy atom. The summed E-state index contributed by atoms with van der Waals surface area (Å²) in [6, 6.07) is 15.6. The van der Waals surface area contributed by atoms with Gasteiger partial charge >= 0.3 is 0 Å². The minimum atomic E-state index is -3.14. The molecule has 0 amide bonds. The fourth-order valence-corrected chi connectivity index (χ4v) is 4.74. The third-order valence-electron chi connectivity index (χ3n) is 5.72. The van der Waals surface area contributed by atoms with Crippen molar-refractivity contribution in [2.75, 3.05) is 12.8 Å². The van der Waals surface area contributed by atoms with Gasteiger partial charge in [-0.1, -0.05) is 35.9 Å². The Balaban J connectivity index is -0.0000000146. The Kier molecular flexibility index (Phi) is 1.08. The fourth-order valence-electron chi connectivity index (χ4n) is 3.92. The molecular weight excluding hydrogens is 380 g/mol. The molecule has 1 fully saturated rings. The van der Waals surface area contributed by atoms with Gasteiger partial charge in [0.25, 0.3) is 0 Å². The molecule has 224 valence electrons. The summed E-state index contributed by atoms with van der Waals surface area (Å²) in [4.78, 5) is 0.359. The molecule has 0 unspecified atom stereocenters. The zero-order valence-electron chi connectivity index (χ0n) is 93.6. The maximum atomic E-state index is 11.5. The number of nitrogens with two attached hydrogens (primary N) is 1. The minimum Gasteiger partial charge on any atom is -0.330 e. The van der Waals surface area contributed by atoms with Crippen LogP contribution < -0.4 is 11.1 Å². The smallest absolute Gasteiger partial charge is 0.175 e. The third kappa shape index (κ3) is 4.91. The number of hydrogen-bond acceptors (Lipinski definition) is 4. The first-order chi connectivity index (χ1) is 51.8. The summed E-state index contributed by atoms with van der Waals surface area (Å²) in [5.41, 5.74) is 8.52. The Morgan fingerprint density at radius 2 is 1.89 bits per heavy atom. The van der Waals surface area contributed by atoms with Crippen LogP contribution in [-0.4, -0.2) is 27.3 Å². The average Bonchev–Trinajstić information content (AvgIpc) is 0.804. The van der Waals surface area contributed by atoms with Crippen LogP contribution in [0.2, 0.25) is 5.02 Å². The molecule has 0 bridgehead atoms. The minimum absolute atomic E-state index is 0.0141. The molecule has 1 aliphatic rings. The van der Waals surface area contributed by atoms with E-state index in [1.165, 1.54) is 11.8 Å². The Labute approximate surface area is 287 Å². The maximum Gasteiger partial charge on any atom is 0.175 e. The van der Waals surface area contributed by atoms with Crippen LogP contribution in [0.5, 0.6) is 0 Å². The number of hydrogen-bond donors (Lipinski definition) is 2. The van der Waals surface area contributed by atoms with E-state index in [0.717, 1.165) is 42.8 Å². The molecule has 4 nitrogen and oxygen atoms in total. The molecule has 0 aromatic heterocycles. The SMILES string of the molecule is CS(=O)(=O)c1ccc(CNC2CCC(CN)(c3cccc(Cl)c3)CC2)cc1.[2H][2H].[2H][2H].[2H][2H].[2H][2H].[2H][2H].[2H][2H].[2H][2H].[2H][2H].[2H][2H].[2H][2H].[2H][2H].[2H][2H].[2H][2H].[2H][2H].[2H][2H].[2H][2H].[2H][2H].[2H][2H].[2H][2H].[2H][2H].[2H][2H].[2H][2H].[2H][2H].[2H][2H].[2H][2H].[2H][2H].[2H][2H].[2H][2H].[2H][2H].[2H][2H].[2H][2H].[2H][2H].[2H][2H].[2H][2H].[2H][2H].[2H][2H].[2H][2H].[2H][2H].[2H][2H]. The van der Waals surface area contributed by atoms with Gasteiger partial charge in [0.15, 0.2) is 9.84 Å². The van der Waals surface area contributed by atoms with Crippen LogP contribution in [0.4, 0.5) is 0 Å². The standard InChI is InChI=1S/C21H27ClN2O2S.39H2/c1-27(25,26)20-7-5-16(6-8-20)14-24-19-9-11-21(15-23,12-10-19)17-3-2-4-18(22)13-17;;;;;;;;;;;;;;;;;;;;;;;;;;;;;;;;;;;;;;;/h2-8,13,19,24H,9-12,14-15,23H2,1H3;39*1H/i;39*1+1D. The second-order valence-electron chi connectivity index (χ2n) is 7.57. The van der Waals surface area contributed by atoms with Crippen LogP contribution in [0.25, 0.3) is 0 Å². The first-order valence-corrected chi connectivity index (χ1v) is 11.6. The normalized spacial score (nSPS) is 34.9. The van der Waals surface area contributed by atoms with Crippen molar-refractivity contribution in [3.63, 3.8) is 0 Å². The van der Waals surface area contributed by atoms with Gasteiger partial charge in [-0.05, 0) is 61.1 Å². The van der Waals surface area contributed by atoms with Crippen molar-refractivity contribution in [3.8, 4) is 0 Å². The number of sulfone groups is 1. The van der Waals surface area contributed by atoms with Gasteiger partial charge in [0.05, 0.1) is 4.90 Å². The van der Waals surface area contributed by atoms with Crippen molar-refractivity contribution in [1.29, 1.82) is 0 Å². The van der Waals surface area contributed by atoms with Crippen molar-refractivity contribution in [3.05, 3.63) is 64.7 Å². The molecule has 0 spiro atoms. The number of rotatable bonds is 6. The summed E-state index contributed by atoms with van der Waals surface area (Å²) in [6.45, 7) is 1.37. The Bertz CT molecular complexity index is 960. The number of halogens is 1. The fraction of sp³-hybridized carbons (Fsp3) is 0.429. The van der Waals surface area contributed by atoms with Gasteiger partial charge in [0.1, 0.15) is 0 Å². The molecule has 2 aromatic carbocycles. The Hall–Kier alpha value is -1.40. The summed E-state index contributed by atoms with van der Waals surface area (Å²) in [6.07, 6.45) is 5.42. The molecule has 27 heavy (non-hydrogen) atoms. The van der Waals surface area contributed by atoms with Gasteiger partial charge < -0.3 is 11.1 Å². The van der Waals surface area contributed by atoms with E-state index in [9.17, 15) is 8.42 Å². The largest absolute Gasteiger partial charge is 0.330 e. The second-order valence-corrected chi connectivity index (χ2v) is 10.0. The lowest BCUT2D eigenvalue weighted by Crippen LogP contribution is -2.43. The van der Waals surface area contributed by atoms with E-state index < -0.39 is 9.84 Å². The predicted octanol–water partition coefficient (Wildman–Crippen LogP) is 13.3.